The van der Waals surface area contributed by atoms with Crippen LogP contribution in [0.5, 0.6) is 0 Å². The number of nitro groups is 1. The van der Waals surface area contributed by atoms with Crippen molar-refractivity contribution in [2.45, 2.75) is 31.1 Å². The van der Waals surface area contributed by atoms with Crippen LogP contribution in [0.15, 0.2) is 41.3 Å². The highest BCUT2D eigenvalue weighted by molar-refractivity contribution is 7.46. The van der Waals surface area contributed by atoms with Gasteiger partial charge in [-0.05, 0) is 12.1 Å². The molecule has 1 aromatic heterocycles. The molecule has 0 saturated carbocycles. The van der Waals surface area contributed by atoms with E-state index >= 15 is 0 Å². The summed E-state index contributed by atoms with van der Waals surface area (Å²) < 4.78 is 27.6. The second-order valence-corrected chi connectivity index (χ2v) is 7.79. The van der Waals surface area contributed by atoms with Crippen LogP contribution in [0.3, 0.4) is 0 Å². The predicted molar refractivity (Wildman–Crippen MR) is 102 cm³/mol. The van der Waals surface area contributed by atoms with Crippen LogP contribution < -0.4 is 11.4 Å². The summed E-state index contributed by atoms with van der Waals surface area (Å²) in [6, 6.07) is 7.09. The zero-order valence-corrected chi connectivity index (χ0v) is 16.6. The lowest BCUT2D eigenvalue weighted by molar-refractivity contribution is -0.386. The van der Waals surface area contributed by atoms with E-state index in [1.54, 1.807) is 6.07 Å². The minimum Gasteiger partial charge on any atom is -0.387 e. The third-order valence-corrected chi connectivity index (χ3v) is 4.95. The highest BCUT2D eigenvalue weighted by atomic mass is 31.2. The quantitative estimate of drug-likeness (QED) is 0.228. The SMILES string of the molecule is Nc1ccn([C@@H]2O[C@H](COP(=O)(O)O)[C@@H](O)[C@H]2OCc2ccccc2[N+](=O)[O-])c(=O)n1. The molecule has 168 valence electrons. The fourth-order valence-electron chi connectivity index (χ4n) is 3.05. The maximum atomic E-state index is 12.2. The van der Waals surface area contributed by atoms with Crippen molar-refractivity contribution in [1.82, 2.24) is 9.55 Å². The molecule has 14 nitrogen and oxygen atoms in total. The molecule has 0 unspecified atom stereocenters. The Morgan fingerprint density at radius 1 is 1.32 bits per heavy atom. The molecule has 0 amide bonds. The first-order valence-electron chi connectivity index (χ1n) is 8.79. The minimum atomic E-state index is -4.86. The Bertz CT molecular complexity index is 1060. The monoisotopic (exact) mass is 458 g/mol. The van der Waals surface area contributed by atoms with Crippen LogP contribution in [0.2, 0.25) is 0 Å². The van der Waals surface area contributed by atoms with Crippen molar-refractivity contribution in [3.63, 3.8) is 0 Å². The second kappa shape index (κ2) is 9.20. The molecule has 0 aliphatic carbocycles. The van der Waals surface area contributed by atoms with Crippen molar-refractivity contribution in [3.05, 3.63) is 62.7 Å². The number of para-hydroxylation sites is 1. The summed E-state index contributed by atoms with van der Waals surface area (Å²) in [4.78, 5) is 44.2. The number of nitrogens with zero attached hydrogens (tertiary/aromatic N) is 3. The van der Waals surface area contributed by atoms with E-state index in [4.69, 9.17) is 25.0 Å². The number of aliphatic hydroxyl groups excluding tert-OH is 1. The van der Waals surface area contributed by atoms with Gasteiger partial charge in [-0.1, -0.05) is 12.1 Å². The Kier molecular flexibility index (Phi) is 6.81. The van der Waals surface area contributed by atoms with Gasteiger partial charge in [0.05, 0.1) is 23.7 Å². The number of nitrogens with two attached hydrogens (primary N) is 1. The third-order valence-electron chi connectivity index (χ3n) is 4.47. The van der Waals surface area contributed by atoms with E-state index in [0.717, 1.165) is 4.57 Å². The summed E-state index contributed by atoms with van der Waals surface area (Å²) in [5.41, 5.74) is 4.65. The Balaban J connectivity index is 1.87. The summed E-state index contributed by atoms with van der Waals surface area (Å²) in [7, 11) is -4.86. The third kappa shape index (κ3) is 5.51. The summed E-state index contributed by atoms with van der Waals surface area (Å²) >= 11 is 0. The lowest BCUT2D eigenvalue weighted by Gasteiger charge is -2.22. The van der Waals surface area contributed by atoms with Crippen LogP contribution in [-0.4, -0.2) is 54.3 Å². The van der Waals surface area contributed by atoms with Gasteiger partial charge in [0.25, 0.3) is 5.69 Å². The first-order valence-corrected chi connectivity index (χ1v) is 10.3. The highest BCUT2D eigenvalue weighted by Gasteiger charge is 2.47. The highest BCUT2D eigenvalue weighted by Crippen LogP contribution is 2.39. The number of phosphoric acid groups is 1. The number of aromatic nitrogens is 2. The van der Waals surface area contributed by atoms with Crippen LogP contribution in [0, 0.1) is 10.1 Å². The topological polar surface area (TPSA) is 210 Å². The number of benzene rings is 1. The molecule has 0 spiro atoms. The molecule has 2 aromatic rings. The molecule has 0 bridgehead atoms. The fraction of sp³-hybridized carbons (Fsp3) is 0.375. The van der Waals surface area contributed by atoms with Crippen LogP contribution in [0.25, 0.3) is 0 Å². The van der Waals surface area contributed by atoms with Crippen LogP contribution >= 0.6 is 7.82 Å². The van der Waals surface area contributed by atoms with Crippen molar-refractivity contribution in [1.29, 1.82) is 0 Å². The molecular weight excluding hydrogens is 439 g/mol. The molecule has 1 aliphatic rings. The van der Waals surface area contributed by atoms with Crippen molar-refractivity contribution in [2.75, 3.05) is 12.3 Å². The Hall–Kier alpha value is -2.71. The lowest BCUT2D eigenvalue weighted by Crippen LogP contribution is -2.38. The minimum absolute atomic E-state index is 0.0569. The fourth-order valence-corrected chi connectivity index (χ4v) is 3.39. The molecule has 31 heavy (non-hydrogen) atoms. The maximum Gasteiger partial charge on any atom is 0.469 e. The summed E-state index contributed by atoms with van der Waals surface area (Å²) in [6.45, 7) is -1.02. The van der Waals surface area contributed by atoms with E-state index in [2.05, 4.69) is 9.51 Å². The molecule has 1 fully saturated rings. The van der Waals surface area contributed by atoms with Gasteiger partial charge >= 0.3 is 13.5 Å². The number of hydrogen-bond donors (Lipinski definition) is 4. The van der Waals surface area contributed by atoms with Gasteiger partial charge in [-0.25, -0.2) is 9.36 Å². The van der Waals surface area contributed by atoms with E-state index in [9.17, 15) is 24.6 Å². The van der Waals surface area contributed by atoms with Crippen molar-refractivity contribution in [3.8, 4) is 0 Å². The number of hydrogen-bond acceptors (Lipinski definition) is 10. The van der Waals surface area contributed by atoms with E-state index in [-0.39, 0.29) is 23.7 Å². The molecule has 5 N–H and O–H groups in total. The number of ether oxygens (including phenoxy) is 2. The van der Waals surface area contributed by atoms with Crippen molar-refractivity contribution in [2.24, 2.45) is 0 Å². The number of rotatable bonds is 8. The normalized spacial score (nSPS) is 23.7. The van der Waals surface area contributed by atoms with Crippen molar-refractivity contribution < 1.29 is 38.4 Å². The van der Waals surface area contributed by atoms with E-state index in [1.165, 1.54) is 30.5 Å². The first-order chi connectivity index (χ1) is 14.6. The summed E-state index contributed by atoms with van der Waals surface area (Å²) in [5.74, 6) is -0.0569. The average molecular weight is 458 g/mol. The van der Waals surface area contributed by atoms with Crippen molar-refractivity contribution >= 4 is 19.3 Å². The van der Waals surface area contributed by atoms with Gasteiger partial charge < -0.3 is 30.1 Å². The zero-order valence-electron chi connectivity index (χ0n) is 15.8. The summed E-state index contributed by atoms with van der Waals surface area (Å²) in [6.07, 6.45) is -4.06. The Morgan fingerprint density at radius 2 is 2.03 bits per heavy atom. The zero-order chi connectivity index (χ0) is 22.8. The molecule has 15 heteroatoms. The molecular formula is C16H19N4O10P. The van der Waals surface area contributed by atoms with Gasteiger partial charge in [0.2, 0.25) is 0 Å². The number of phosphoric ester groups is 1. The number of anilines is 1. The largest absolute Gasteiger partial charge is 0.469 e. The van der Waals surface area contributed by atoms with Gasteiger partial charge in [-0.3, -0.25) is 19.2 Å². The summed E-state index contributed by atoms with van der Waals surface area (Å²) in [5, 5.41) is 21.8. The van der Waals surface area contributed by atoms with Gasteiger partial charge in [-0.15, -0.1) is 0 Å². The van der Waals surface area contributed by atoms with Crippen LogP contribution in [-0.2, 0) is 25.2 Å². The van der Waals surface area contributed by atoms with Crippen LogP contribution in [0.1, 0.15) is 11.8 Å². The van der Waals surface area contributed by atoms with Crippen LogP contribution in [0.4, 0.5) is 11.5 Å². The van der Waals surface area contributed by atoms with Gasteiger partial charge in [0.15, 0.2) is 6.23 Å². The molecule has 3 rings (SSSR count). The van der Waals surface area contributed by atoms with E-state index in [1.807, 2.05) is 0 Å². The number of nitrogen functional groups attached to an aromatic ring is 1. The standard InChI is InChI=1S/C16H19N4O10P/c17-12-5-6-19(16(22)18-12)15-14(13(21)11(30-15)8-29-31(25,26)27)28-7-9-3-1-2-4-10(9)20(23)24/h1-6,11,13-15,21H,7-8H2,(H2,17,18,22)(H2,25,26,27)/t11-,13-,14-,15-/m1/s1. The molecule has 0 radical (unpaired) electrons. The average Bonchev–Trinajstić information content (AvgIpc) is 2.99. The molecule has 2 heterocycles. The molecule has 1 saturated heterocycles. The predicted octanol–water partition coefficient (Wildman–Crippen LogP) is -0.313. The van der Waals surface area contributed by atoms with Gasteiger partial charge in [0.1, 0.15) is 24.1 Å². The van der Waals surface area contributed by atoms with Gasteiger partial charge in [-0.2, -0.15) is 4.98 Å². The van der Waals surface area contributed by atoms with Gasteiger partial charge in [0, 0.05) is 12.3 Å². The van der Waals surface area contributed by atoms with E-state index < -0.39 is 49.6 Å². The number of aliphatic hydroxyl groups is 1. The smallest absolute Gasteiger partial charge is 0.387 e. The Morgan fingerprint density at radius 3 is 2.68 bits per heavy atom. The number of nitro benzene ring substituents is 1. The Labute approximate surface area is 174 Å². The molecule has 4 atom stereocenters. The van der Waals surface area contributed by atoms with E-state index in [0.29, 0.717) is 0 Å². The lowest BCUT2D eigenvalue weighted by atomic mass is 10.1. The first kappa shape index (κ1) is 23.0. The molecule has 1 aromatic carbocycles. The maximum absolute atomic E-state index is 12.2. The second-order valence-electron chi connectivity index (χ2n) is 6.55. The molecule has 1 aliphatic heterocycles.